The van der Waals surface area contributed by atoms with E-state index in [4.69, 9.17) is 18.9 Å². The summed E-state index contributed by atoms with van der Waals surface area (Å²) >= 11 is 0. The minimum Gasteiger partial charge on any atom is -0.497 e. The quantitative estimate of drug-likeness (QED) is 0.624. The number of carbonyl (C=O) groups excluding carboxylic acids is 2. The first-order valence-corrected chi connectivity index (χ1v) is 11.0. The Balaban J connectivity index is 1.95. The molecule has 0 bridgehead atoms. The van der Waals surface area contributed by atoms with Gasteiger partial charge in [-0.3, -0.25) is 9.59 Å². The maximum atomic E-state index is 13.2. The fourth-order valence-electron chi connectivity index (χ4n) is 4.18. The summed E-state index contributed by atoms with van der Waals surface area (Å²) < 4.78 is 21.6. The van der Waals surface area contributed by atoms with Crippen molar-refractivity contribution in [2.45, 2.75) is 19.3 Å². The highest BCUT2D eigenvalue weighted by Gasteiger charge is 2.41. The molecule has 178 valence electrons. The Bertz CT molecular complexity index is 950. The molecule has 2 aromatic carbocycles. The summed E-state index contributed by atoms with van der Waals surface area (Å²) in [7, 11) is 6.24. The molecule has 33 heavy (non-hydrogen) atoms. The lowest BCUT2D eigenvalue weighted by Gasteiger charge is -2.21. The van der Waals surface area contributed by atoms with Crippen LogP contribution < -0.4 is 24.3 Å². The molecule has 2 aromatic rings. The summed E-state index contributed by atoms with van der Waals surface area (Å²) in [6.07, 6.45) is 0.835. The number of methoxy groups -OCH3 is 4. The molecule has 0 unspecified atom stereocenters. The molecule has 1 heterocycles. The zero-order valence-electron chi connectivity index (χ0n) is 19.8. The minimum absolute atomic E-state index is 0.0689. The van der Waals surface area contributed by atoms with Gasteiger partial charge in [-0.2, -0.15) is 0 Å². The van der Waals surface area contributed by atoms with Gasteiger partial charge in [-0.25, -0.2) is 0 Å². The smallest absolute Gasteiger partial charge is 0.253 e. The van der Waals surface area contributed by atoms with Crippen LogP contribution in [0.15, 0.2) is 36.4 Å². The fourth-order valence-corrected chi connectivity index (χ4v) is 4.18. The molecule has 1 fully saturated rings. The van der Waals surface area contributed by atoms with Crippen LogP contribution in [-0.2, 0) is 4.79 Å². The number of carbonyl (C=O) groups is 2. The molecular formula is C25H32N2O6. The normalized spacial score (nSPS) is 17.4. The van der Waals surface area contributed by atoms with Gasteiger partial charge in [0.05, 0.1) is 34.4 Å². The molecular weight excluding hydrogens is 424 g/mol. The van der Waals surface area contributed by atoms with Gasteiger partial charge in [0.15, 0.2) is 11.5 Å². The van der Waals surface area contributed by atoms with Crippen molar-refractivity contribution in [3.63, 3.8) is 0 Å². The lowest BCUT2D eigenvalue weighted by Crippen LogP contribution is -2.36. The molecule has 0 aliphatic carbocycles. The van der Waals surface area contributed by atoms with Crippen LogP contribution in [-0.4, -0.2) is 64.8 Å². The zero-order valence-corrected chi connectivity index (χ0v) is 19.8. The van der Waals surface area contributed by atoms with E-state index in [9.17, 15) is 9.59 Å². The predicted molar refractivity (Wildman–Crippen MR) is 125 cm³/mol. The van der Waals surface area contributed by atoms with E-state index in [1.54, 1.807) is 57.6 Å². The van der Waals surface area contributed by atoms with Gasteiger partial charge in [-0.05, 0) is 48.4 Å². The van der Waals surface area contributed by atoms with E-state index in [1.807, 2.05) is 19.1 Å². The average Bonchev–Trinajstić information content (AvgIpc) is 3.31. The predicted octanol–water partition coefficient (Wildman–Crippen LogP) is 3.10. The molecule has 2 amide bonds. The molecule has 3 rings (SSSR count). The first kappa shape index (κ1) is 24.2. The third-order valence-corrected chi connectivity index (χ3v) is 5.95. The first-order valence-electron chi connectivity index (χ1n) is 11.0. The van der Waals surface area contributed by atoms with Crippen molar-refractivity contribution in [1.29, 1.82) is 0 Å². The summed E-state index contributed by atoms with van der Waals surface area (Å²) in [5.74, 6) is 1.37. The maximum absolute atomic E-state index is 13.2. The van der Waals surface area contributed by atoms with Gasteiger partial charge in [0, 0.05) is 31.1 Å². The Morgan fingerprint density at radius 3 is 2.09 bits per heavy atom. The standard InChI is InChI=1S/C25H32N2O6/c1-6-11-26-24(28)20-15-27(25(29)16-7-9-18(30-2)10-8-16)14-19(20)17-12-21(31-3)23(33-5)22(13-17)32-4/h7-10,12-13,19-20H,6,11,14-15H2,1-5H3,(H,26,28)/t19-,20+/m0/s1. The highest BCUT2D eigenvalue weighted by atomic mass is 16.5. The highest BCUT2D eigenvalue weighted by molar-refractivity contribution is 5.95. The van der Waals surface area contributed by atoms with E-state index < -0.39 is 5.92 Å². The molecule has 0 spiro atoms. The van der Waals surface area contributed by atoms with E-state index in [-0.39, 0.29) is 17.7 Å². The number of rotatable bonds is 9. The lowest BCUT2D eigenvalue weighted by molar-refractivity contribution is -0.124. The SMILES string of the molecule is CCCNC(=O)[C@@H]1CN(C(=O)c2ccc(OC)cc2)C[C@H]1c1cc(OC)c(OC)c(OC)c1. The van der Waals surface area contributed by atoms with Crippen LogP contribution in [0.2, 0.25) is 0 Å². The largest absolute Gasteiger partial charge is 0.497 e. The average molecular weight is 457 g/mol. The van der Waals surface area contributed by atoms with Gasteiger partial charge in [-0.15, -0.1) is 0 Å². The van der Waals surface area contributed by atoms with Crippen molar-refractivity contribution in [3.05, 3.63) is 47.5 Å². The van der Waals surface area contributed by atoms with Crippen LogP contribution in [0.5, 0.6) is 23.0 Å². The van der Waals surface area contributed by atoms with Crippen LogP contribution >= 0.6 is 0 Å². The van der Waals surface area contributed by atoms with E-state index in [2.05, 4.69) is 5.32 Å². The number of nitrogens with one attached hydrogen (secondary N) is 1. The van der Waals surface area contributed by atoms with Crippen molar-refractivity contribution >= 4 is 11.8 Å². The van der Waals surface area contributed by atoms with E-state index in [0.717, 1.165) is 12.0 Å². The molecule has 1 aliphatic heterocycles. The number of benzene rings is 2. The summed E-state index contributed by atoms with van der Waals surface area (Å²) in [5.41, 5.74) is 1.40. The zero-order chi connectivity index (χ0) is 24.0. The van der Waals surface area contributed by atoms with Gasteiger partial charge < -0.3 is 29.2 Å². The van der Waals surface area contributed by atoms with Crippen LogP contribution in [0.4, 0.5) is 0 Å². The van der Waals surface area contributed by atoms with Crippen molar-refractivity contribution in [2.24, 2.45) is 5.92 Å². The van der Waals surface area contributed by atoms with E-state index in [1.165, 1.54) is 0 Å². The van der Waals surface area contributed by atoms with Crippen molar-refractivity contribution in [2.75, 3.05) is 48.1 Å². The molecule has 8 heteroatoms. The van der Waals surface area contributed by atoms with E-state index >= 15 is 0 Å². The molecule has 8 nitrogen and oxygen atoms in total. The molecule has 0 saturated carbocycles. The van der Waals surface area contributed by atoms with Crippen molar-refractivity contribution in [3.8, 4) is 23.0 Å². The third-order valence-electron chi connectivity index (χ3n) is 5.95. The topological polar surface area (TPSA) is 86.3 Å². The van der Waals surface area contributed by atoms with Crippen molar-refractivity contribution in [1.82, 2.24) is 10.2 Å². The molecule has 2 atom stereocenters. The molecule has 1 aliphatic rings. The van der Waals surface area contributed by atoms with Gasteiger partial charge in [-0.1, -0.05) is 6.92 Å². The number of ether oxygens (including phenoxy) is 4. The Morgan fingerprint density at radius 2 is 1.58 bits per heavy atom. The summed E-state index contributed by atoms with van der Waals surface area (Å²) in [4.78, 5) is 28.0. The summed E-state index contributed by atoms with van der Waals surface area (Å²) in [6, 6.07) is 10.7. The monoisotopic (exact) mass is 456 g/mol. The van der Waals surface area contributed by atoms with Crippen molar-refractivity contribution < 1.29 is 28.5 Å². The Morgan fingerprint density at radius 1 is 0.939 bits per heavy atom. The summed E-state index contributed by atoms with van der Waals surface area (Å²) in [5, 5.41) is 2.99. The Labute approximate surface area is 194 Å². The van der Waals surface area contributed by atoms with Gasteiger partial charge in [0.25, 0.3) is 5.91 Å². The van der Waals surface area contributed by atoms with Crippen LogP contribution in [0.25, 0.3) is 0 Å². The number of hydrogen-bond donors (Lipinski definition) is 1. The number of hydrogen-bond acceptors (Lipinski definition) is 6. The Kier molecular flexibility index (Phi) is 8.03. The van der Waals surface area contributed by atoms with Gasteiger partial charge >= 0.3 is 0 Å². The van der Waals surface area contributed by atoms with E-state index in [0.29, 0.717) is 48.2 Å². The van der Waals surface area contributed by atoms with Crippen LogP contribution in [0, 0.1) is 5.92 Å². The second-order valence-electron chi connectivity index (χ2n) is 7.90. The molecule has 1 N–H and O–H groups in total. The van der Waals surface area contributed by atoms with Crippen LogP contribution in [0.3, 0.4) is 0 Å². The molecule has 0 aromatic heterocycles. The van der Waals surface area contributed by atoms with Gasteiger partial charge in [0.1, 0.15) is 5.75 Å². The minimum atomic E-state index is -0.401. The third kappa shape index (κ3) is 5.16. The number of amides is 2. The fraction of sp³-hybridized carbons (Fsp3) is 0.440. The second kappa shape index (κ2) is 10.9. The Hall–Kier alpha value is -3.42. The maximum Gasteiger partial charge on any atom is 0.253 e. The number of likely N-dealkylation sites (tertiary alicyclic amines) is 1. The second-order valence-corrected chi connectivity index (χ2v) is 7.90. The lowest BCUT2D eigenvalue weighted by atomic mass is 9.88. The number of nitrogens with zero attached hydrogens (tertiary/aromatic N) is 1. The van der Waals surface area contributed by atoms with Crippen LogP contribution in [0.1, 0.15) is 35.2 Å². The first-order chi connectivity index (χ1) is 16.0. The van der Waals surface area contributed by atoms with Gasteiger partial charge in [0.2, 0.25) is 11.7 Å². The molecule has 1 saturated heterocycles. The highest BCUT2D eigenvalue weighted by Crippen LogP contribution is 2.43. The molecule has 0 radical (unpaired) electrons. The summed E-state index contributed by atoms with van der Waals surface area (Å²) in [6.45, 7) is 3.31.